The number of ether oxygens (including phenoxy) is 1. The summed E-state index contributed by atoms with van der Waals surface area (Å²) in [6.07, 6.45) is 0. The Morgan fingerprint density at radius 3 is 2.44 bits per heavy atom. The molecule has 0 aliphatic carbocycles. The number of nitrogen functional groups attached to an aromatic ring is 2. The second-order valence-corrected chi connectivity index (χ2v) is 5.35. The number of halogens is 3. The summed E-state index contributed by atoms with van der Waals surface area (Å²) in [6.45, 7) is 0. The van der Waals surface area contributed by atoms with Crippen molar-refractivity contribution >= 4 is 50.5 Å². The van der Waals surface area contributed by atoms with Gasteiger partial charge in [0.05, 0.1) is 16.4 Å². The minimum atomic E-state index is 0.304. The molecule has 0 saturated carbocycles. The van der Waals surface area contributed by atoms with E-state index in [1.807, 2.05) is 0 Å². The smallest absolute Gasteiger partial charge is 0.170 e. The highest BCUT2D eigenvalue weighted by Gasteiger charge is 2.11. The van der Waals surface area contributed by atoms with E-state index >= 15 is 0 Å². The molecule has 0 aromatic heterocycles. The van der Waals surface area contributed by atoms with Gasteiger partial charge in [-0.2, -0.15) is 0 Å². The summed E-state index contributed by atoms with van der Waals surface area (Å²) in [7, 11) is 0. The van der Waals surface area contributed by atoms with E-state index in [2.05, 4.69) is 15.9 Å². The highest BCUT2D eigenvalue weighted by atomic mass is 79.9. The third-order valence-corrected chi connectivity index (χ3v) is 3.21. The molecule has 2 aromatic rings. The Bertz CT molecular complexity index is 585. The van der Waals surface area contributed by atoms with E-state index in [0.717, 1.165) is 4.47 Å². The first-order valence-corrected chi connectivity index (χ1v) is 6.49. The van der Waals surface area contributed by atoms with Crippen LogP contribution in [-0.2, 0) is 0 Å². The van der Waals surface area contributed by atoms with Crippen LogP contribution in [0.4, 0.5) is 11.4 Å². The van der Waals surface area contributed by atoms with Crippen LogP contribution in [0.25, 0.3) is 0 Å². The Balaban J connectivity index is 2.42. The summed E-state index contributed by atoms with van der Waals surface area (Å²) in [5, 5.41) is 0.927. The Morgan fingerprint density at radius 2 is 1.78 bits per heavy atom. The van der Waals surface area contributed by atoms with Gasteiger partial charge in [0.2, 0.25) is 0 Å². The minimum absolute atomic E-state index is 0.304. The topological polar surface area (TPSA) is 61.3 Å². The van der Waals surface area contributed by atoms with E-state index in [0.29, 0.717) is 32.9 Å². The predicted molar refractivity (Wildman–Crippen MR) is 79.5 cm³/mol. The van der Waals surface area contributed by atoms with Gasteiger partial charge in [-0.15, -0.1) is 0 Å². The van der Waals surface area contributed by atoms with Crippen molar-refractivity contribution in [1.82, 2.24) is 0 Å². The molecule has 18 heavy (non-hydrogen) atoms. The van der Waals surface area contributed by atoms with E-state index in [4.69, 9.17) is 39.4 Å². The third-order valence-electron chi connectivity index (χ3n) is 2.24. The molecule has 0 unspecified atom stereocenters. The molecule has 0 fully saturated rings. The van der Waals surface area contributed by atoms with Gasteiger partial charge in [-0.3, -0.25) is 0 Å². The fraction of sp³-hybridized carbons (Fsp3) is 0. The van der Waals surface area contributed by atoms with E-state index in [-0.39, 0.29) is 0 Å². The number of anilines is 2. The molecule has 0 saturated heterocycles. The number of hydrogen-bond donors (Lipinski definition) is 2. The van der Waals surface area contributed by atoms with Gasteiger partial charge in [0.25, 0.3) is 0 Å². The number of hydrogen-bond acceptors (Lipinski definition) is 3. The molecular formula is C12H9BrCl2N2O. The van der Waals surface area contributed by atoms with Crippen LogP contribution in [0.15, 0.2) is 34.8 Å². The number of nitrogens with two attached hydrogens (primary N) is 2. The number of benzene rings is 2. The molecule has 0 amide bonds. The van der Waals surface area contributed by atoms with Gasteiger partial charge in [-0.1, -0.05) is 39.1 Å². The maximum atomic E-state index is 6.03. The van der Waals surface area contributed by atoms with Gasteiger partial charge >= 0.3 is 0 Å². The summed E-state index contributed by atoms with van der Waals surface area (Å²) in [5.41, 5.74) is 12.2. The van der Waals surface area contributed by atoms with Crippen molar-refractivity contribution in [2.24, 2.45) is 0 Å². The minimum Gasteiger partial charge on any atom is -0.453 e. The van der Waals surface area contributed by atoms with Crippen LogP contribution in [0.5, 0.6) is 11.5 Å². The monoisotopic (exact) mass is 346 g/mol. The summed E-state index contributed by atoms with van der Waals surface area (Å²) in [4.78, 5) is 0. The van der Waals surface area contributed by atoms with Gasteiger partial charge < -0.3 is 16.2 Å². The molecule has 2 rings (SSSR count). The summed E-state index contributed by atoms with van der Waals surface area (Å²) in [5.74, 6) is 0.847. The standard InChI is InChI=1S/C12H9BrCl2N2O/c13-6-3-7(14)5-8(4-6)18-12-9(15)1-2-10(16)11(12)17/h1-5H,16-17H2. The van der Waals surface area contributed by atoms with Crippen LogP contribution < -0.4 is 16.2 Å². The predicted octanol–water partition coefficient (Wildman–Crippen LogP) is 4.71. The van der Waals surface area contributed by atoms with Crippen LogP contribution in [0.3, 0.4) is 0 Å². The molecule has 3 nitrogen and oxygen atoms in total. The maximum Gasteiger partial charge on any atom is 0.170 e. The van der Waals surface area contributed by atoms with Crippen molar-refractivity contribution < 1.29 is 4.74 Å². The van der Waals surface area contributed by atoms with Crippen LogP contribution in [-0.4, -0.2) is 0 Å². The quantitative estimate of drug-likeness (QED) is 0.773. The first-order chi connectivity index (χ1) is 8.47. The Hall–Kier alpha value is -1.10. The Kier molecular flexibility index (Phi) is 3.90. The van der Waals surface area contributed by atoms with Crippen molar-refractivity contribution in [1.29, 1.82) is 0 Å². The lowest BCUT2D eigenvalue weighted by Gasteiger charge is -2.12. The normalized spacial score (nSPS) is 10.4. The van der Waals surface area contributed by atoms with E-state index in [1.165, 1.54) is 0 Å². The van der Waals surface area contributed by atoms with Gasteiger partial charge in [-0.05, 0) is 30.3 Å². The molecular weight excluding hydrogens is 339 g/mol. The summed E-state index contributed by atoms with van der Waals surface area (Å²) >= 11 is 15.3. The molecule has 0 spiro atoms. The molecule has 0 aliphatic heterocycles. The zero-order chi connectivity index (χ0) is 13.3. The van der Waals surface area contributed by atoms with Crippen LogP contribution in [0, 0.1) is 0 Å². The highest BCUT2D eigenvalue weighted by molar-refractivity contribution is 9.10. The second kappa shape index (κ2) is 5.26. The summed E-state index contributed by atoms with van der Waals surface area (Å²) < 4.78 is 6.43. The molecule has 0 heterocycles. The highest BCUT2D eigenvalue weighted by Crippen LogP contribution is 2.39. The first-order valence-electron chi connectivity index (χ1n) is 4.95. The lowest BCUT2D eigenvalue weighted by Crippen LogP contribution is -1.98. The molecule has 94 valence electrons. The Morgan fingerprint density at radius 1 is 1.06 bits per heavy atom. The van der Waals surface area contributed by atoms with Crippen molar-refractivity contribution in [3.63, 3.8) is 0 Å². The molecule has 0 atom stereocenters. The van der Waals surface area contributed by atoms with E-state index < -0.39 is 0 Å². The van der Waals surface area contributed by atoms with Crippen molar-refractivity contribution in [3.05, 3.63) is 44.8 Å². The summed E-state index contributed by atoms with van der Waals surface area (Å²) in [6, 6.07) is 8.41. The van der Waals surface area contributed by atoms with Gasteiger partial charge in [0, 0.05) is 9.50 Å². The third kappa shape index (κ3) is 2.83. The molecule has 0 bridgehead atoms. The van der Waals surface area contributed by atoms with Crippen LogP contribution >= 0.6 is 39.1 Å². The maximum absolute atomic E-state index is 6.03. The van der Waals surface area contributed by atoms with Gasteiger partial charge in [-0.25, -0.2) is 0 Å². The Labute approximate surface area is 123 Å². The SMILES string of the molecule is Nc1ccc(Cl)c(Oc2cc(Cl)cc(Br)c2)c1N. The van der Waals surface area contributed by atoms with Gasteiger partial charge in [0.1, 0.15) is 5.75 Å². The zero-order valence-electron chi connectivity index (χ0n) is 9.08. The molecule has 4 N–H and O–H groups in total. The molecule has 6 heteroatoms. The average molecular weight is 348 g/mol. The fourth-order valence-corrected chi connectivity index (χ4v) is 2.43. The fourth-order valence-electron chi connectivity index (χ4n) is 1.40. The van der Waals surface area contributed by atoms with Crippen molar-refractivity contribution in [2.75, 3.05) is 11.5 Å². The zero-order valence-corrected chi connectivity index (χ0v) is 12.2. The van der Waals surface area contributed by atoms with Crippen molar-refractivity contribution in [3.8, 4) is 11.5 Å². The molecule has 0 radical (unpaired) electrons. The molecule has 0 aliphatic rings. The van der Waals surface area contributed by atoms with Gasteiger partial charge in [0.15, 0.2) is 5.75 Å². The van der Waals surface area contributed by atoms with Crippen molar-refractivity contribution in [2.45, 2.75) is 0 Å². The first kappa shape index (κ1) is 13.3. The lowest BCUT2D eigenvalue weighted by molar-refractivity contribution is 0.485. The largest absolute Gasteiger partial charge is 0.453 e. The average Bonchev–Trinajstić information content (AvgIpc) is 2.28. The van der Waals surface area contributed by atoms with E-state index in [9.17, 15) is 0 Å². The van der Waals surface area contributed by atoms with Crippen LogP contribution in [0.2, 0.25) is 10.0 Å². The second-order valence-electron chi connectivity index (χ2n) is 3.59. The van der Waals surface area contributed by atoms with Crippen LogP contribution in [0.1, 0.15) is 0 Å². The number of rotatable bonds is 2. The molecule has 2 aromatic carbocycles. The lowest BCUT2D eigenvalue weighted by atomic mass is 10.2. The van der Waals surface area contributed by atoms with E-state index in [1.54, 1.807) is 30.3 Å².